The minimum Gasteiger partial charge on any atom is -0.357 e. The van der Waals surface area contributed by atoms with Crippen molar-refractivity contribution in [3.8, 4) is 0 Å². The maximum absolute atomic E-state index is 4.75. The van der Waals surface area contributed by atoms with Crippen LogP contribution in [0.1, 0.15) is 39.5 Å². The number of hydrogen-bond acceptors (Lipinski definition) is 5. The van der Waals surface area contributed by atoms with Gasteiger partial charge in [-0.15, -0.1) is 11.3 Å². The van der Waals surface area contributed by atoms with Crippen LogP contribution in [0, 0.1) is 0 Å². The highest BCUT2D eigenvalue weighted by Crippen LogP contribution is 2.33. The van der Waals surface area contributed by atoms with Crippen molar-refractivity contribution in [2.45, 2.75) is 62.0 Å². The van der Waals surface area contributed by atoms with Crippen molar-refractivity contribution in [2.75, 3.05) is 25.4 Å². The molecule has 5 nitrogen and oxygen atoms in total. The lowest BCUT2D eigenvalue weighted by Gasteiger charge is -2.20. The van der Waals surface area contributed by atoms with Crippen molar-refractivity contribution in [3.05, 3.63) is 11.6 Å². The first-order chi connectivity index (χ1) is 11.8. The van der Waals surface area contributed by atoms with E-state index < -0.39 is 0 Å². The molecule has 7 heteroatoms. The van der Waals surface area contributed by atoms with E-state index in [4.69, 9.17) is 4.99 Å². The quantitative estimate of drug-likeness (QED) is 0.320. The minimum atomic E-state index is 0.531. The third kappa shape index (κ3) is 5.36. The third-order valence-electron chi connectivity index (χ3n) is 4.53. The SMILES string of the molecule is CCNC(=NCCCSc1nccs1)NC1CC(C)N(C2CC2)C1. The summed E-state index contributed by atoms with van der Waals surface area (Å²) in [6.07, 6.45) is 6.95. The molecule has 1 saturated carbocycles. The molecule has 0 bridgehead atoms. The molecule has 0 amide bonds. The number of guanidine groups is 1. The van der Waals surface area contributed by atoms with E-state index in [0.29, 0.717) is 12.1 Å². The van der Waals surface area contributed by atoms with Crippen LogP contribution in [-0.2, 0) is 0 Å². The first kappa shape index (κ1) is 18.0. The zero-order chi connectivity index (χ0) is 16.8. The van der Waals surface area contributed by atoms with Crippen LogP contribution in [0.4, 0.5) is 0 Å². The summed E-state index contributed by atoms with van der Waals surface area (Å²) in [7, 11) is 0. The standard InChI is InChI=1S/C17H29N5S2/c1-3-18-16(19-7-4-9-23-17-20-8-10-24-17)21-14-11-13(2)22(12-14)15-5-6-15/h8,10,13-15H,3-7,9,11-12H2,1-2H3,(H2,18,19,21). The van der Waals surface area contributed by atoms with Gasteiger partial charge in [0.25, 0.3) is 0 Å². The Kier molecular flexibility index (Phi) is 6.80. The van der Waals surface area contributed by atoms with Crippen molar-refractivity contribution < 1.29 is 0 Å². The Morgan fingerprint density at radius 3 is 3.08 bits per heavy atom. The first-order valence-electron chi connectivity index (χ1n) is 9.09. The van der Waals surface area contributed by atoms with Crippen molar-refractivity contribution in [1.82, 2.24) is 20.5 Å². The number of nitrogens with one attached hydrogen (secondary N) is 2. The van der Waals surface area contributed by atoms with Gasteiger partial charge in [0.05, 0.1) is 0 Å². The van der Waals surface area contributed by atoms with Gasteiger partial charge in [0.15, 0.2) is 5.96 Å². The monoisotopic (exact) mass is 367 g/mol. The van der Waals surface area contributed by atoms with Gasteiger partial charge in [-0.25, -0.2) is 4.98 Å². The summed E-state index contributed by atoms with van der Waals surface area (Å²) in [5.41, 5.74) is 0. The summed E-state index contributed by atoms with van der Waals surface area (Å²) >= 11 is 3.54. The van der Waals surface area contributed by atoms with E-state index in [1.54, 1.807) is 11.3 Å². The molecule has 0 aromatic carbocycles. The normalized spacial score (nSPS) is 25.2. The number of hydrogen-bond donors (Lipinski definition) is 2. The Morgan fingerprint density at radius 2 is 2.38 bits per heavy atom. The van der Waals surface area contributed by atoms with E-state index in [1.165, 1.54) is 19.3 Å². The highest BCUT2D eigenvalue weighted by atomic mass is 32.2. The van der Waals surface area contributed by atoms with Gasteiger partial charge in [-0.3, -0.25) is 9.89 Å². The molecule has 0 spiro atoms. The van der Waals surface area contributed by atoms with Gasteiger partial charge in [-0.1, -0.05) is 11.8 Å². The van der Waals surface area contributed by atoms with E-state index >= 15 is 0 Å². The smallest absolute Gasteiger partial charge is 0.191 e. The molecule has 1 saturated heterocycles. The number of rotatable bonds is 8. The van der Waals surface area contributed by atoms with Crippen LogP contribution in [0.2, 0.25) is 0 Å². The topological polar surface area (TPSA) is 52.6 Å². The van der Waals surface area contributed by atoms with Crippen LogP contribution in [0.5, 0.6) is 0 Å². The Bertz CT molecular complexity index is 515. The van der Waals surface area contributed by atoms with Crippen LogP contribution >= 0.6 is 23.1 Å². The molecule has 2 aliphatic rings. The highest BCUT2D eigenvalue weighted by Gasteiger charge is 2.38. The predicted molar refractivity (Wildman–Crippen MR) is 104 cm³/mol. The molecular formula is C17H29N5S2. The molecule has 2 N–H and O–H groups in total. The number of likely N-dealkylation sites (tertiary alicyclic amines) is 1. The largest absolute Gasteiger partial charge is 0.357 e. The molecule has 3 rings (SSSR count). The Balaban J connectivity index is 1.40. The summed E-state index contributed by atoms with van der Waals surface area (Å²) in [5, 5.41) is 9.07. The number of aliphatic imine (C=N–C) groups is 1. The molecule has 2 fully saturated rings. The fourth-order valence-electron chi connectivity index (χ4n) is 3.29. The fourth-order valence-corrected chi connectivity index (χ4v) is 4.92. The summed E-state index contributed by atoms with van der Waals surface area (Å²) in [6.45, 7) is 7.43. The summed E-state index contributed by atoms with van der Waals surface area (Å²) in [6, 6.07) is 2.09. The Morgan fingerprint density at radius 1 is 1.50 bits per heavy atom. The van der Waals surface area contributed by atoms with Gasteiger partial charge in [0, 0.05) is 55.1 Å². The third-order valence-corrected chi connectivity index (χ3v) is 6.58. The van der Waals surface area contributed by atoms with Gasteiger partial charge in [0.1, 0.15) is 4.34 Å². The van der Waals surface area contributed by atoms with Crippen LogP contribution < -0.4 is 10.6 Å². The van der Waals surface area contributed by atoms with E-state index in [-0.39, 0.29) is 0 Å². The van der Waals surface area contributed by atoms with Gasteiger partial charge in [0.2, 0.25) is 0 Å². The van der Waals surface area contributed by atoms with Gasteiger partial charge < -0.3 is 10.6 Å². The molecule has 1 aromatic rings. The molecule has 24 heavy (non-hydrogen) atoms. The molecule has 1 aromatic heterocycles. The lowest BCUT2D eigenvalue weighted by molar-refractivity contribution is 0.256. The average molecular weight is 368 g/mol. The van der Waals surface area contributed by atoms with E-state index in [0.717, 1.165) is 48.1 Å². The van der Waals surface area contributed by atoms with Crippen molar-refractivity contribution >= 4 is 29.1 Å². The second-order valence-corrected chi connectivity index (χ2v) is 8.85. The summed E-state index contributed by atoms with van der Waals surface area (Å²) < 4.78 is 1.16. The number of thiazole rings is 1. The average Bonchev–Trinajstić information content (AvgIpc) is 3.14. The number of aromatic nitrogens is 1. The van der Waals surface area contributed by atoms with E-state index in [9.17, 15) is 0 Å². The molecule has 0 radical (unpaired) electrons. The fraction of sp³-hybridized carbons (Fsp3) is 0.765. The minimum absolute atomic E-state index is 0.531. The molecule has 1 aliphatic heterocycles. The lowest BCUT2D eigenvalue weighted by atomic mass is 10.2. The van der Waals surface area contributed by atoms with Crippen molar-refractivity contribution in [1.29, 1.82) is 0 Å². The maximum atomic E-state index is 4.75. The molecule has 1 aliphatic carbocycles. The molecule has 2 atom stereocenters. The van der Waals surface area contributed by atoms with E-state index in [1.807, 2.05) is 23.3 Å². The molecular weight excluding hydrogens is 338 g/mol. The van der Waals surface area contributed by atoms with Crippen LogP contribution in [-0.4, -0.2) is 59.4 Å². The molecule has 2 unspecified atom stereocenters. The van der Waals surface area contributed by atoms with Crippen molar-refractivity contribution in [2.24, 2.45) is 4.99 Å². The van der Waals surface area contributed by atoms with Gasteiger partial charge in [-0.2, -0.15) is 0 Å². The predicted octanol–water partition coefficient (Wildman–Crippen LogP) is 2.81. The Hall–Kier alpha value is -0.790. The summed E-state index contributed by atoms with van der Waals surface area (Å²) in [5.74, 6) is 2.05. The number of nitrogens with zero attached hydrogens (tertiary/aromatic N) is 3. The summed E-state index contributed by atoms with van der Waals surface area (Å²) in [4.78, 5) is 11.7. The molecule has 134 valence electrons. The van der Waals surface area contributed by atoms with Gasteiger partial charge >= 0.3 is 0 Å². The first-order valence-corrected chi connectivity index (χ1v) is 11.0. The molecule has 2 heterocycles. The second-order valence-electron chi connectivity index (χ2n) is 6.61. The van der Waals surface area contributed by atoms with Crippen LogP contribution in [0.3, 0.4) is 0 Å². The number of thioether (sulfide) groups is 1. The van der Waals surface area contributed by atoms with Crippen LogP contribution in [0.25, 0.3) is 0 Å². The van der Waals surface area contributed by atoms with E-state index in [2.05, 4.69) is 34.4 Å². The van der Waals surface area contributed by atoms with Gasteiger partial charge in [-0.05, 0) is 39.5 Å². The Labute approximate surface area is 153 Å². The zero-order valence-electron chi connectivity index (χ0n) is 14.7. The maximum Gasteiger partial charge on any atom is 0.191 e. The second kappa shape index (κ2) is 9.06. The van der Waals surface area contributed by atoms with Crippen LogP contribution in [0.15, 0.2) is 20.9 Å². The lowest BCUT2D eigenvalue weighted by Crippen LogP contribution is -2.44. The zero-order valence-corrected chi connectivity index (χ0v) is 16.3. The highest BCUT2D eigenvalue weighted by molar-refractivity contribution is 8.00. The van der Waals surface area contributed by atoms with Crippen molar-refractivity contribution in [3.63, 3.8) is 0 Å².